The first-order valence-corrected chi connectivity index (χ1v) is 9.45. The van der Waals surface area contributed by atoms with Gasteiger partial charge >= 0.3 is 7.12 Å². The minimum atomic E-state index is -3.15. The Kier molecular flexibility index (Phi) is 5.14. The molecule has 0 aromatic heterocycles. The molecule has 1 unspecified atom stereocenters. The lowest BCUT2D eigenvalue weighted by Gasteiger charge is -2.34. The summed E-state index contributed by atoms with van der Waals surface area (Å²) in [5, 5.41) is 18.2. The minimum Gasteiger partial charge on any atom is -0.423 e. The van der Waals surface area contributed by atoms with Gasteiger partial charge in [0.1, 0.15) is 5.37 Å². The Bertz CT molecular complexity index is 564. The van der Waals surface area contributed by atoms with E-state index in [1.807, 2.05) is 11.0 Å². The van der Waals surface area contributed by atoms with Gasteiger partial charge in [-0.3, -0.25) is 4.90 Å². The van der Waals surface area contributed by atoms with Crippen molar-refractivity contribution in [3.05, 3.63) is 29.8 Å². The standard InChI is InChI=1S/C12H18BNO4S2/c1-20(17,18)12-9-19-7-6-14(12)8-10-4-2-3-5-11(10)13(15)16/h2-5,12,15-16H,6-9H2,1H3. The normalized spacial score (nSPS) is 20.9. The van der Waals surface area contributed by atoms with Crippen LogP contribution in [0.3, 0.4) is 0 Å². The summed E-state index contributed by atoms with van der Waals surface area (Å²) in [5.41, 5.74) is 1.18. The van der Waals surface area contributed by atoms with Crippen LogP contribution in [0.4, 0.5) is 0 Å². The molecule has 110 valence electrons. The smallest absolute Gasteiger partial charge is 0.423 e. The van der Waals surface area contributed by atoms with Crippen LogP contribution in [0.1, 0.15) is 5.56 Å². The Morgan fingerprint density at radius 2 is 2.10 bits per heavy atom. The van der Waals surface area contributed by atoms with E-state index in [4.69, 9.17) is 0 Å². The highest BCUT2D eigenvalue weighted by Crippen LogP contribution is 2.22. The summed E-state index contributed by atoms with van der Waals surface area (Å²) in [5.74, 6) is 1.44. The molecule has 20 heavy (non-hydrogen) atoms. The maximum Gasteiger partial charge on any atom is 0.488 e. The van der Waals surface area contributed by atoms with Crippen LogP contribution in [-0.2, 0) is 16.4 Å². The van der Waals surface area contributed by atoms with Gasteiger partial charge in [0, 0.05) is 30.9 Å². The number of hydrogen-bond acceptors (Lipinski definition) is 6. The van der Waals surface area contributed by atoms with Crippen LogP contribution in [0, 0.1) is 0 Å². The molecular weight excluding hydrogens is 297 g/mol. The molecular formula is C12H18BNO4S2. The maximum absolute atomic E-state index is 11.9. The lowest BCUT2D eigenvalue weighted by atomic mass is 9.77. The molecule has 0 saturated carbocycles. The van der Waals surface area contributed by atoms with Gasteiger partial charge in [0.15, 0.2) is 9.84 Å². The zero-order valence-electron chi connectivity index (χ0n) is 11.3. The van der Waals surface area contributed by atoms with Crippen LogP contribution in [0.15, 0.2) is 24.3 Å². The number of hydrogen-bond donors (Lipinski definition) is 2. The topological polar surface area (TPSA) is 77.8 Å². The van der Waals surface area contributed by atoms with Crippen LogP contribution >= 0.6 is 11.8 Å². The lowest BCUT2D eigenvalue weighted by molar-refractivity contribution is 0.262. The highest BCUT2D eigenvalue weighted by atomic mass is 32.2. The Labute approximate surface area is 124 Å². The second-order valence-electron chi connectivity index (χ2n) is 4.90. The molecule has 5 nitrogen and oxygen atoms in total. The highest BCUT2D eigenvalue weighted by molar-refractivity contribution is 8.00. The van der Waals surface area contributed by atoms with Gasteiger partial charge in [-0.2, -0.15) is 11.8 Å². The van der Waals surface area contributed by atoms with Crippen molar-refractivity contribution in [1.29, 1.82) is 0 Å². The quantitative estimate of drug-likeness (QED) is 0.715. The Hall–Kier alpha value is -0.535. The van der Waals surface area contributed by atoms with Crippen LogP contribution in [0.5, 0.6) is 0 Å². The molecule has 1 fully saturated rings. The molecule has 0 bridgehead atoms. The first-order valence-electron chi connectivity index (χ1n) is 6.34. The van der Waals surface area contributed by atoms with Gasteiger partial charge in [-0.05, 0) is 11.0 Å². The van der Waals surface area contributed by atoms with Crippen molar-refractivity contribution in [1.82, 2.24) is 4.90 Å². The van der Waals surface area contributed by atoms with Crippen LogP contribution in [0.2, 0.25) is 0 Å². The molecule has 0 spiro atoms. The average Bonchev–Trinajstić information content (AvgIpc) is 2.38. The number of benzene rings is 1. The van der Waals surface area contributed by atoms with Crippen LogP contribution in [-0.4, -0.2) is 60.2 Å². The molecule has 0 aliphatic carbocycles. The minimum absolute atomic E-state index is 0.409. The van der Waals surface area contributed by atoms with E-state index >= 15 is 0 Å². The summed E-state index contributed by atoms with van der Waals surface area (Å²) in [6, 6.07) is 7.00. The van der Waals surface area contributed by atoms with E-state index in [0.29, 0.717) is 24.3 Å². The average molecular weight is 315 g/mol. The summed E-state index contributed by atoms with van der Waals surface area (Å²) in [6.45, 7) is 1.09. The third kappa shape index (κ3) is 3.76. The Morgan fingerprint density at radius 3 is 2.75 bits per heavy atom. The maximum atomic E-state index is 11.9. The van der Waals surface area contributed by atoms with Crippen molar-refractivity contribution in [2.24, 2.45) is 0 Å². The van der Waals surface area contributed by atoms with Gasteiger partial charge in [-0.15, -0.1) is 0 Å². The molecule has 1 aromatic carbocycles. The highest BCUT2D eigenvalue weighted by Gasteiger charge is 2.31. The number of nitrogens with zero attached hydrogens (tertiary/aromatic N) is 1. The summed E-state index contributed by atoms with van der Waals surface area (Å²) >= 11 is 1.64. The summed E-state index contributed by atoms with van der Waals surface area (Å²) in [6.07, 6.45) is 1.25. The van der Waals surface area contributed by atoms with E-state index < -0.39 is 22.3 Å². The molecule has 2 N–H and O–H groups in total. The second-order valence-corrected chi connectivity index (χ2v) is 8.26. The van der Waals surface area contributed by atoms with Gasteiger partial charge in [0.25, 0.3) is 0 Å². The van der Waals surface area contributed by atoms with Crippen molar-refractivity contribution < 1.29 is 18.5 Å². The zero-order valence-corrected chi connectivity index (χ0v) is 12.9. The molecule has 1 aliphatic heterocycles. The van der Waals surface area contributed by atoms with E-state index in [1.165, 1.54) is 6.26 Å². The van der Waals surface area contributed by atoms with Gasteiger partial charge in [-0.25, -0.2) is 8.42 Å². The lowest BCUT2D eigenvalue weighted by Crippen LogP contribution is -2.47. The Balaban J connectivity index is 2.24. The molecule has 2 rings (SSSR count). The SMILES string of the molecule is CS(=O)(=O)C1CSCCN1Cc1ccccc1B(O)O. The predicted molar refractivity (Wildman–Crippen MR) is 82.6 cm³/mol. The molecule has 1 atom stereocenters. The third-order valence-electron chi connectivity index (χ3n) is 3.39. The van der Waals surface area contributed by atoms with Crippen LogP contribution < -0.4 is 5.46 Å². The first-order chi connectivity index (χ1) is 9.39. The predicted octanol–water partition coefficient (Wildman–Crippen LogP) is -0.714. The fraction of sp³-hybridized carbons (Fsp3) is 0.500. The van der Waals surface area contributed by atoms with Crippen molar-refractivity contribution >= 4 is 34.2 Å². The largest absolute Gasteiger partial charge is 0.488 e. The van der Waals surface area contributed by atoms with Gasteiger partial charge < -0.3 is 10.0 Å². The molecule has 1 heterocycles. The number of sulfone groups is 1. The van der Waals surface area contributed by atoms with Gasteiger partial charge in [0.2, 0.25) is 0 Å². The molecule has 1 aromatic rings. The van der Waals surface area contributed by atoms with Crippen LogP contribution in [0.25, 0.3) is 0 Å². The fourth-order valence-corrected chi connectivity index (χ4v) is 5.28. The first kappa shape index (κ1) is 15.8. The van der Waals surface area contributed by atoms with E-state index in [2.05, 4.69) is 0 Å². The van der Waals surface area contributed by atoms with Gasteiger partial charge in [0.05, 0.1) is 0 Å². The van der Waals surface area contributed by atoms with E-state index in [1.54, 1.807) is 30.0 Å². The zero-order chi connectivity index (χ0) is 14.8. The van der Waals surface area contributed by atoms with Crippen molar-refractivity contribution in [3.63, 3.8) is 0 Å². The van der Waals surface area contributed by atoms with E-state index in [9.17, 15) is 18.5 Å². The molecule has 0 amide bonds. The summed E-state index contributed by atoms with van der Waals surface area (Å²) < 4.78 is 23.7. The number of thioether (sulfide) groups is 1. The molecule has 1 aliphatic rings. The van der Waals surface area contributed by atoms with Crippen molar-refractivity contribution in [3.8, 4) is 0 Å². The molecule has 8 heteroatoms. The van der Waals surface area contributed by atoms with Crippen molar-refractivity contribution in [2.45, 2.75) is 11.9 Å². The summed E-state index contributed by atoms with van der Waals surface area (Å²) in [7, 11) is -4.69. The van der Waals surface area contributed by atoms with Crippen molar-refractivity contribution in [2.75, 3.05) is 24.3 Å². The monoisotopic (exact) mass is 315 g/mol. The fourth-order valence-electron chi connectivity index (χ4n) is 2.34. The number of rotatable bonds is 4. The third-order valence-corrected chi connectivity index (χ3v) is 6.08. The molecule has 0 radical (unpaired) electrons. The Morgan fingerprint density at radius 1 is 1.40 bits per heavy atom. The summed E-state index contributed by atoms with van der Waals surface area (Å²) in [4.78, 5) is 1.90. The molecule has 1 saturated heterocycles. The van der Waals surface area contributed by atoms with E-state index in [0.717, 1.165) is 11.3 Å². The van der Waals surface area contributed by atoms with Gasteiger partial charge in [-0.1, -0.05) is 24.3 Å². The second kappa shape index (κ2) is 6.49. The van der Waals surface area contributed by atoms with E-state index in [-0.39, 0.29) is 0 Å².